The van der Waals surface area contributed by atoms with E-state index in [9.17, 15) is 5.11 Å². The van der Waals surface area contributed by atoms with Crippen molar-refractivity contribution in [1.29, 1.82) is 0 Å². The molecule has 1 unspecified atom stereocenters. The van der Waals surface area contributed by atoms with Crippen LogP contribution in [-0.4, -0.2) is 67.4 Å². The van der Waals surface area contributed by atoms with E-state index in [1.807, 2.05) is 26.0 Å². The summed E-state index contributed by atoms with van der Waals surface area (Å²) < 4.78 is 5.70. The fourth-order valence-electron chi connectivity index (χ4n) is 2.56. The van der Waals surface area contributed by atoms with Gasteiger partial charge in [0.05, 0.1) is 0 Å². The van der Waals surface area contributed by atoms with Crippen molar-refractivity contribution in [3.05, 3.63) is 28.3 Å². The molecule has 0 bridgehead atoms. The van der Waals surface area contributed by atoms with Crippen LogP contribution in [0.4, 0.5) is 0 Å². The van der Waals surface area contributed by atoms with Gasteiger partial charge in [-0.25, -0.2) is 0 Å². The molecular weight excluding hydrogens is 288 g/mol. The van der Waals surface area contributed by atoms with Crippen molar-refractivity contribution < 1.29 is 9.84 Å². The Bertz CT molecular complexity index is 450. The molecule has 5 heteroatoms. The SMILES string of the molecule is Cc1cc(OCC(O)CN2CCN(C)CC2)cc(C)c1Cl. The third-order valence-electron chi connectivity index (χ3n) is 3.92. The Labute approximate surface area is 132 Å². The van der Waals surface area contributed by atoms with Crippen molar-refractivity contribution in [2.75, 3.05) is 46.4 Å². The monoisotopic (exact) mass is 312 g/mol. The summed E-state index contributed by atoms with van der Waals surface area (Å²) in [6, 6.07) is 3.83. The van der Waals surface area contributed by atoms with E-state index in [0.29, 0.717) is 13.2 Å². The lowest BCUT2D eigenvalue weighted by Crippen LogP contribution is -2.47. The van der Waals surface area contributed by atoms with Crippen LogP contribution in [0.2, 0.25) is 5.02 Å². The van der Waals surface area contributed by atoms with Crippen molar-refractivity contribution in [3.63, 3.8) is 0 Å². The van der Waals surface area contributed by atoms with Gasteiger partial charge in [-0.1, -0.05) is 11.6 Å². The Hall–Kier alpha value is -0.810. The fraction of sp³-hybridized carbons (Fsp3) is 0.625. The molecule has 0 aromatic heterocycles. The number of benzene rings is 1. The number of β-amino-alcohol motifs (C(OH)–C–C–N with tert-alkyl or cyclic N) is 1. The molecule has 21 heavy (non-hydrogen) atoms. The minimum atomic E-state index is -0.468. The highest BCUT2D eigenvalue weighted by Gasteiger charge is 2.17. The predicted octanol–water partition coefficient (Wildman–Crippen LogP) is 1.94. The first-order valence-corrected chi connectivity index (χ1v) is 7.82. The van der Waals surface area contributed by atoms with E-state index < -0.39 is 6.10 Å². The third kappa shape index (κ3) is 4.85. The smallest absolute Gasteiger partial charge is 0.120 e. The van der Waals surface area contributed by atoms with Gasteiger partial charge >= 0.3 is 0 Å². The zero-order valence-electron chi connectivity index (χ0n) is 13.1. The molecule has 0 radical (unpaired) electrons. The number of aliphatic hydroxyl groups is 1. The first-order valence-electron chi connectivity index (χ1n) is 7.44. The Morgan fingerprint density at radius 1 is 1.19 bits per heavy atom. The number of hydrogen-bond donors (Lipinski definition) is 1. The largest absolute Gasteiger partial charge is 0.491 e. The molecule has 1 heterocycles. The van der Waals surface area contributed by atoms with E-state index in [2.05, 4.69) is 16.8 Å². The van der Waals surface area contributed by atoms with Crippen molar-refractivity contribution >= 4 is 11.6 Å². The van der Waals surface area contributed by atoms with E-state index in [-0.39, 0.29) is 0 Å². The summed E-state index contributed by atoms with van der Waals surface area (Å²) in [5, 5.41) is 10.9. The lowest BCUT2D eigenvalue weighted by molar-refractivity contribution is 0.0504. The van der Waals surface area contributed by atoms with Crippen LogP contribution in [0.25, 0.3) is 0 Å². The van der Waals surface area contributed by atoms with Gasteiger partial charge in [-0.3, -0.25) is 4.90 Å². The zero-order chi connectivity index (χ0) is 15.4. The van der Waals surface area contributed by atoms with Gasteiger partial charge < -0.3 is 14.7 Å². The van der Waals surface area contributed by atoms with Crippen molar-refractivity contribution in [3.8, 4) is 5.75 Å². The summed E-state index contributed by atoms with van der Waals surface area (Å²) in [5.74, 6) is 0.770. The Morgan fingerprint density at radius 3 is 2.33 bits per heavy atom. The molecule has 0 aliphatic carbocycles. The first-order chi connectivity index (χ1) is 9.95. The second-order valence-electron chi connectivity index (χ2n) is 5.94. The van der Waals surface area contributed by atoms with E-state index in [0.717, 1.165) is 48.1 Å². The molecule has 1 fully saturated rings. The molecule has 1 aromatic rings. The molecule has 0 amide bonds. The van der Waals surface area contributed by atoms with Crippen LogP contribution in [0.3, 0.4) is 0 Å². The van der Waals surface area contributed by atoms with Crippen LogP contribution in [0.15, 0.2) is 12.1 Å². The first kappa shape index (κ1) is 16.6. The summed E-state index contributed by atoms with van der Waals surface area (Å²) in [5.41, 5.74) is 2.00. The molecule has 118 valence electrons. The minimum Gasteiger partial charge on any atom is -0.491 e. The summed E-state index contributed by atoms with van der Waals surface area (Å²) in [4.78, 5) is 4.59. The lowest BCUT2D eigenvalue weighted by Gasteiger charge is -2.33. The maximum atomic E-state index is 10.1. The van der Waals surface area contributed by atoms with Gasteiger partial charge in [-0.2, -0.15) is 0 Å². The standard InChI is InChI=1S/C16H25ClN2O2/c1-12-8-15(9-13(2)16(12)17)21-11-14(20)10-19-6-4-18(3)5-7-19/h8-9,14,20H,4-7,10-11H2,1-3H3. The predicted molar refractivity (Wildman–Crippen MR) is 86.4 cm³/mol. The Kier molecular flexibility index (Phi) is 5.88. The minimum absolute atomic E-state index is 0.312. The number of piperazine rings is 1. The number of aryl methyl sites for hydroxylation is 2. The van der Waals surface area contributed by atoms with Gasteiger partial charge in [0.2, 0.25) is 0 Å². The second-order valence-corrected chi connectivity index (χ2v) is 6.32. The molecule has 4 nitrogen and oxygen atoms in total. The van der Waals surface area contributed by atoms with Crippen molar-refractivity contribution in [2.45, 2.75) is 20.0 Å². The number of likely N-dealkylation sites (N-methyl/N-ethyl adjacent to an activating group) is 1. The molecule has 1 saturated heterocycles. The zero-order valence-corrected chi connectivity index (χ0v) is 13.9. The topological polar surface area (TPSA) is 35.9 Å². The van der Waals surface area contributed by atoms with Crippen molar-refractivity contribution in [1.82, 2.24) is 9.80 Å². The highest BCUT2D eigenvalue weighted by atomic mass is 35.5. The highest BCUT2D eigenvalue weighted by Crippen LogP contribution is 2.25. The van der Waals surface area contributed by atoms with Crippen LogP contribution in [0.1, 0.15) is 11.1 Å². The molecule has 1 atom stereocenters. The van der Waals surface area contributed by atoms with Crippen LogP contribution >= 0.6 is 11.6 Å². The molecule has 2 rings (SSSR count). The van der Waals surface area contributed by atoms with E-state index >= 15 is 0 Å². The van der Waals surface area contributed by atoms with Crippen LogP contribution in [0, 0.1) is 13.8 Å². The van der Waals surface area contributed by atoms with Gasteiger partial charge in [-0.15, -0.1) is 0 Å². The van der Waals surface area contributed by atoms with Crippen LogP contribution < -0.4 is 4.74 Å². The maximum Gasteiger partial charge on any atom is 0.120 e. The average Bonchev–Trinajstić information content (AvgIpc) is 2.45. The number of rotatable bonds is 5. The van der Waals surface area contributed by atoms with Gasteiger partial charge in [0, 0.05) is 37.7 Å². The van der Waals surface area contributed by atoms with Gasteiger partial charge in [0.15, 0.2) is 0 Å². The molecule has 1 N–H and O–H groups in total. The highest BCUT2D eigenvalue weighted by molar-refractivity contribution is 6.32. The van der Waals surface area contributed by atoms with Gasteiger partial charge in [0.25, 0.3) is 0 Å². The van der Waals surface area contributed by atoms with E-state index in [1.165, 1.54) is 0 Å². The Morgan fingerprint density at radius 2 is 1.76 bits per heavy atom. The summed E-state index contributed by atoms with van der Waals surface area (Å²) in [6.45, 7) is 9.03. The third-order valence-corrected chi connectivity index (χ3v) is 4.51. The molecular formula is C16H25ClN2O2. The molecule has 0 spiro atoms. The average molecular weight is 313 g/mol. The fourth-order valence-corrected chi connectivity index (χ4v) is 2.67. The number of ether oxygens (including phenoxy) is 1. The molecule has 0 saturated carbocycles. The molecule has 1 aliphatic rings. The van der Waals surface area contributed by atoms with Crippen molar-refractivity contribution in [2.24, 2.45) is 0 Å². The van der Waals surface area contributed by atoms with Gasteiger partial charge in [0.1, 0.15) is 18.5 Å². The number of aliphatic hydroxyl groups excluding tert-OH is 1. The quantitative estimate of drug-likeness (QED) is 0.901. The number of hydrogen-bond acceptors (Lipinski definition) is 4. The van der Waals surface area contributed by atoms with E-state index in [4.69, 9.17) is 16.3 Å². The summed E-state index contributed by atoms with van der Waals surface area (Å²) >= 11 is 6.14. The molecule has 1 aromatic carbocycles. The maximum absolute atomic E-state index is 10.1. The van der Waals surface area contributed by atoms with E-state index in [1.54, 1.807) is 0 Å². The van der Waals surface area contributed by atoms with Crippen LogP contribution in [-0.2, 0) is 0 Å². The Balaban J connectivity index is 1.80. The van der Waals surface area contributed by atoms with Crippen LogP contribution in [0.5, 0.6) is 5.75 Å². The summed E-state index contributed by atoms with van der Waals surface area (Å²) in [6.07, 6.45) is -0.468. The molecule has 1 aliphatic heterocycles. The number of halogens is 1. The van der Waals surface area contributed by atoms with Gasteiger partial charge in [-0.05, 0) is 44.2 Å². The normalized spacial score (nSPS) is 18.7. The second kappa shape index (κ2) is 7.45. The lowest BCUT2D eigenvalue weighted by atomic mass is 10.1. The summed E-state index contributed by atoms with van der Waals surface area (Å²) in [7, 11) is 2.13. The number of nitrogens with zero attached hydrogens (tertiary/aromatic N) is 2.